The highest BCUT2D eigenvalue weighted by molar-refractivity contribution is 5.74. The van der Waals surface area contributed by atoms with Crippen molar-refractivity contribution in [2.24, 2.45) is 0 Å². The number of esters is 1. The average molecular weight is 238 g/mol. The van der Waals surface area contributed by atoms with Crippen LogP contribution in [0.4, 0.5) is 11.8 Å². The van der Waals surface area contributed by atoms with Gasteiger partial charge in [-0.05, 0) is 20.8 Å². The molecule has 6 heteroatoms. The molecule has 17 heavy (non-hydrogen) atoms. The molecule has 0 saturated heterocycles. The zero-order valence-corrected chi connectivity index (χ0v) is 10.4. The van der Waals surface area contributed by atoms with Crippen molar-refractivity contribution in [3.05, 3.63) is 11.8 Å². The number of hydrogen-bond donors (Lipinski definition) is 2. The Balaban J connectivity index is 2.61. The molecule has 1 heterocycles. The topological polar surface area (TPSA) is 76.1 Å². The fraction of sp³-hybridized carbons (Fsp3) is 0.545. The summed E-state index contributed by atoms with van der Waals surface area (Å²) in [4.78, 5) is 19.6. The third-order valence-corrected chi connectivity index (χ3v) is 1.91. The number of rotatable bonds is 6. The van der Waals surface area contributed by atoms with Crippen LogP contribution in [0.1, 0.15) is 19.5 Å². The first-order chi connectivity index (χ1) is 8.15. The molecule has 1 aromatic heterocycles. The van der Waals surface area contributed by atoms with E-state index in [-0.39, 0.29) is 12.5 Å². The predicted octanol–water partition coefficient (Wildman–Crippen LogP) is 1.19. The van der Waals surface area contributed by atoms with Gasteiger partial charge in [0.05, 0.1) is 6.61 Å². The Morgan fingerprint density at radius 3 is 2.76 bits per heavy atom. The molecule has 0 atom stereocenters. The quantitative estimate of drug-likeness (QED) is 0.725. The van der Waals surface area contributed by atoms with Crippen molar-refractivity contribution in [2.75, 3.05) is 30.3 Å². The zero-order chi connectivity index (χ0) is 12.7. The fourth-order valence-corrected chi connectivity index (χ4v) is 1.27. The van der Waals surface area contributed by atoms with Gasteiger partial charge in [-0.2, -0.15) is 4.98 Å². The van der Waals surface area contributed by atoms with Gasteiger partial charge in [0, 0.05) is 18.3 Å². The van der Waals surface area contributed by atoms with Crippen LogP contribution in [0.25, 0.3) is 0 Å². The van der Waals surface area contributed by atoms with Gasteiger partial charge in [-0.3, -0.25) is 4.79 Å². The second-order valence-electron chi connectivity index (χ2n) is 3.41. The van der Waals surface area contributed by atoms with Gasteiger partial charge in [0.15, 0.2) is 0 Å². The van der Waals surface area contributed by atoms with Gasteiger partial charge >= 0.3 is 5.97 Å². The molecule has 0 aromatic carbocycles. The van der Waals surface area contributed by atoms with Gasteiger partial charge in [-0.15, -0.1) is 0 Å². The minimum Gasteiger partial charge on any atom is -0.465 e. The Kier molecular flexibility index (Phi) is 5.19. The normalized spacial score (nSPS) is 9.82. The van der Waals surface area contributed by atoms with E-state index in [0.29, 0.717) is 18.4 Å². The highest BCUT2D eigenvalue weighted by Crippen LogP contribution is 2.08. The summed E-state index contributed by atoms with van der Waals surface area (Å²) in [6, 6.07) is 1.78. The standard InChI is InChI=1S/C11H18N4O2/c1-4-12-11-14-8(3)6-9(15-11)13-7-10(16)17-5-2/h6H,4-5,7H2,1-3H3,(H2,12,13,14,15). The first-order valence-corrected chi connectivity index (χ1v) is 5.64. The lowest BCUT2D eigenvalue weighted by Gasteiger charge is -2.08. The zero-order valence-electron chi connectivity index (χ0n) is 10.4. The summed E-state index contributed by atoms with van der Waals surface area (Å²) in [6.07, 6.45) is 0. The average Bonchev–Trinajstić information content (AvgIpc) is 2.26. The Hall–Kier alpha value is -1.85. The summed E-state index contributed by atoms with van der Waals surface area (Å²) in [7, 11) is 0. The number of nitrogens with zero attached hydrogens (tertiary/aromatic N) is 2. The van der Waals surface area contributed by atoms with Gasteiger partial charge in [0.2, 0.25) is 5.95 Å². The van der Waals surface area contributed by atoms with E-state index in [9.17, 15) is 4.79 Å². The van der Waals surface area contributed by atoms with Gasteiger partial charge in [0.1, 0.15) is 12.4 Å². The molecule has 0 aliphatic rings. The molecular formula is C11H18N4O2. The van der Waals surface area contributed by atoms with Crippen LogP contribution in [-0.4, -0.2) is 35.6 Å². The molecule has 0 unspecified atom stereocenters. The summed E-state index contributed by atoms with van der Waals surface area (Å²) in [5, 5.41) is 5.93. The van der Waals surface area contributed by atoms with E-state index in [4.69, 9.17) is 4.74 Å². The SMILES string of the molecule is CCNc1nc(C)cc(NCC(=O)OCC)n1. The van der Waals surface area contributed by atoms with Gasteiger partial charge in [-0.1, -0.05) is 0 Å². The summed E-state index contributed by atoms with van der Waals surface area (Å²) in [5.74, 6) is 0.870. The van der Waals surface area contributed by atoms with Crippen LogP contribution in [0.3, 0.4) is 0 Å². The summed E-state index contributed by atoms with van der Waals surface area (Å²) in [5.41, 5.74) is 0.835. The number of ether oxygens (including phenoxy) is 1. The maximum atomic E-state index is 11.2. The Labute approximate surface area is 101 Å². The predicted molar refractivity (Wildman–Crippen MR) is 66.1 cm³/mol. The molecule has 6 nitrogen and oxygen atoms in total. The Bertz CT molecular complexity index is 382. The minimum absolute atomic E-state index is 0.107. The molecule has 0 spiro atoms. The van der Waals surface area contributed by atoms with Crippen molar-refractivity contribution in [2.45, 2.75) is 20.8 Å². The van der Waals surface area contributed by atoms with Crippen LogP contribution < -0.4 is 10.6 Å². The van der Waals surface area contributed by atoms with Crippen LogP contribution >= 0.6 is 0 Å². The highest BCUT2D eigenvalue weighted by atomic mass is 16.5. The molecule has 0 saturated carbocycles. The van der Waals surface area contributed by atoms with Gasteiger partial charge in [0.25, 0.3) is 0 Å². The summed E-state index contributed by atoms with van der Waals surface area (Å²) in [6.45, 7) is 6.86. The second-order valence-corrected chi connectivity index (χ2v) is 3.41. The van der Waals surface area contributed by atoms with E-state index in [1.165, 1.54) is 0 Å². The summed E-state index contributed by atoms with van der Waals surface area (Å²) >= 11 is 0. The lowest BCUT2D eigenvalue weighted by Crippen LogP contribution is -2.18. The molecule has 0 fully saturated rings. The number of nitrogens with one attached hydrogen (secondary N) is 2. The lowest BCUT2D eigenvalue weighted by atomic mass is 10.4. The molecule has 94 valence electrons. The number of aryl methyl sites for hydroxylation is 1. The molecule has 0 aliphatic carbocycles. The van der Waals surface area contributed by atoms with E-state index in [0.717, 1.165) is 12.2 Å². The fourth-order valence-electron chi connectivity index (χ4n) is 1.27. The van der Waals surface area contributed by atoms with E-state index >= 15 is 0 Å². The molecule has 0 amide bonds. The number of carbonyl (C=O) groups is 1. The van der Waals surface area contributed by atoms with Crippen molar-refractivity contribution in [3.8, 4) is 0 Å². The third kappa shape index (κ3) is 4.67. The monoisotopic (exact) mass is 238 g/mol. The maximum Gasteiger partial charge on any atom is 0.325 e. The first-order valence-electron chi connectivity index (χ1n) is 5.64. The van der Waals surface area contributed by atoms with Gasteiger partial charge < -0.3 is 15.4 Å². The molecule has 1 rings (SSSR count). The number of aromatic nitrogens is 2. The number of carbonyl (C=O) groups excluding carboxylic acids is 1. The number of anilines is 2. The van der Waals surface area contributed by atoms with Gasteiger partial charge in [-0.25, -0.2) is 4.98 Å². The molecule has 1 aromatic rings. The number of hydrogen-bond acceptors (Lipinski definition) is 6. The Morgan fingerprint density at radius 2 is 2.12 bits per heavy atom. The molecule has 0 aliphatic heterocycles. The van der Waals surface area contributed by atoms with E-state index in [2.05, 4.69) is 20.6 Å². The minimum atomic E-state index is -0.297. The van der Waals surface area contributed by atoms with E-state index < -0.39 is 0 Å². The van der Waals surface area contributed by atoms with Crippen molar-refractivity contribution in [1.82, 2.24) is 9.97 Å². The smallest absolute Gasteiger partial charge is 0.325 e. The van der Waals surface area contributed by atoms with Crippen LogP contribution in [0.5, 0.6) is 0 Å². The van der Waals surface area contributed by atoms with E-state index in [1.807, 2.05) is 13.8 Å². The van der Waals surface area contributed by atoms with Crippen LogP contribution in [0.15, 0.2) is 6.07 Å². The molecule has 0 bridgehead atoms. The van der Waals surface area contributed by atoms with Crippen LogP contribution in [-0.2, 0) is 9.53 Å². The molecule has 0 radical (unpaired) electrons. The van der Waals surface area contributed by atoms with Crippen molar-refractivity contribution < 1.29 is 9.53 Å². The molecule has 2 N–H and O–H groups in total. The third-order valence-electron chi connectivity index (χ3n) is 1.91. The van der Waals surface area contributed by atoms with Crippen molar-refractivity contribution >= 4 is 17.7 Å². The largest absolute Gasteiger partial charge is 0.465 e. The van der Waals surface area contributed by atoms with Crippen LogP contribution in [0.2, 0.25) is 0 Å². The van der Waals surface area contributed by atoms with Crippen LogP contribution in [0, 0.1) is 6.92 Å². The van der Waals surface area contributed by atoms with Crippen molar-refractivity contribution in [3.63, 3.8) is 0 Å². The maximum absolute atomic E-state index is 11.2. The Morgan fingerprint density at radius 1 is 1.35 bits per heavy atom. The van der Waals surface area contributed by atoms with E-state index in [1.54, 1.807) is 13.0 Å². The first kappa shape index (κ1) is 13.2. The lowest BCUT2D eigenvalue weighted by molar-refractivity contribution is -0.140. The summed E-state index contributed by atoms with van der Waals surface area (Å²) < 4.78 is 4.81. The highest BCUT2D eigenvalue weighted by Gasteiger charge is 2.04. The second kappa shape index (κ2) is 6.67. The van der Waals surface area contributed by atoms with Crippen molar-refractivity contribution in [1.29, 1.82) is 0 Å². The molecular weight excluding hydrogens is 220 g/mol.